The van der Waals surface area contributed by atoms with Crippen LogP contribution < -0.4 is 4.90 Å². The third-order valence-electron chi connectivity index (χ3n) is 4.03. The molecule has 2 heteroatoms. The van der Waals surface area contributed by atoms with Crippen molar-refractivity contribution in [1.82, 2.24) is 0 Å². The summed E-state index contributed by atoms with van der Waals surface area (Å²) in [5.74, 6) is 0.131. The van der Waals surface area contributed by atoms with Gasteiger partial charge in [-0.15, -0.1) is 0 Å². The standard InChI is InChI=1S/C18H19NO/c1-13-7-3-4-10-16(13)17-11-5-8-15-9-6-12-19(14(2)20)18(15)17/h3-5,7-8,10-11H,6,9,12H2,1-2H3. The summed E-state index contributed by atoms with van der Waals surface area (Å²) in [5.41, 5.74) is 6.04. The molecule has 1 amide bonds. The number of hydrogen-bond acceptors (Lipinski definition) is 1. The highest BCUT2D eigenvalue weighted by molar-refractivity contribution is 5.98. The summed E-state index contributed by atoms with van der Waals surface area (Å²) in [6.07, 6.45) is 2.10. The van der Waals surface area contributed by atoms with E-state index in [1.54, 1.807) is 6.92 Å². The Morgan fingerprint density at radius 1 is 1.05 bits per heavy atom. The topological polar surface area (TPSA) is 20.3 Å². The van der Waals surface area contributed by atoms with Crippen molar-refractivity contribution in [2.75, 3.05) is 11.4 Å². The third kappa shape index (κ3) is 2.11. The molecule has 0 fully saturated rings. The van der Waals surface area contributed by atoms with Gasteiger partial charge in [0.1, 0.15) is 0 Å². The number of carbonyl (C=O) groups is 1. The van der Waals surface area contributed by atoms with E-state index in [0.29, 0.717) is 0 Å². The minimum atomic E-state index is 0.131. The minimum absolute atomic E-state index is 0.131. The zero-order valence-corrected chi connectivity index (χ0v) is 12.0. The van der Waals surface area contributed by atoms with E-state index in [9.17, 15) is 4.79 Å². The maximum Gasteiger partial charge on any atom is 0.223 e. The quantitative estimate of drug-likeness (QED) is 0.764. The molecule has 1 heterocycles. The Labute approximate surface area is 120 Å². The lowest BCUT2D eigenvalue weighted by atomic mass is 9.92. The van der Waals surface area contributed by atoms with Gasteiger partial charge in [0.25, 0.3) is 0 Å². The van der Waals surface area contributed by atoms with Crippen LogP contribution in [0.4, 0.5) is 5.69 Å². The Morgan fingerprint density at radius 2 is 1.80 bits per heavy atom. The Hall–Kier alpha value is -2.09. The number of benzene rings is 2. The molecule has 0 saturated heterocycles. The largest absolute Gasteiger partial charge is 0.312 e. The minimum Gasteiger partial charge on any atom is -0.312 e. The highest BCUT2D eigenvalue weighted by atomic mass is 16.2. The van der Waals surface area contributed by atoms with Gasteiger partial charge >= 0.3 is 0 Å². The molecule has 0 saturated carbocycles. The van der Waals surface area contributed by atoms with Crippen LogP contribution in [0.2, 0.25) is 0 Å². The Bertz CT molecular complexity index is 660. The molecule has 0 atom stereocenters. The number of rotatable bonds is 1. The highest BCUT2D eigenvalue weighted by Gasteiger charge is 2.23. The Kier molecular flexibility index (Phi) is 3.31. The normalized spacial score (nSPS) is 14.0. The lowest BCUT2D eigenvalue weighted by Gasteiger charge is -2.31. The van der Waals surface area contributed by atoms with E-state index < -0.39 is 0 Å². The summed E-state index contributed by atoms with van der Waals surface area (Å²) in [4.78, 5) is 13.9. The molecule has 0 aliphatic carbocycles. The van der Waals surface area contributed by atoms with Gasteiger partial charge in [0.2, 0.25) is 5.91 Å². The van der Waals surface area contributed by atoms with Gasteiger partial charge in [-0.05, 0) is 36.5 Å². The van der Waals surface area contributed by atoms with Gasteiger partial charge in [0, 0.05) is 19.0 Å². The van der Waals surface area contributed by atoms with Gasteiger partial charge in [-0.1, -0.05) is 42.5 Å². The maximum atomic E-state index is 12.0. The molecule has 102 valence electrons. The molecule has 1 aliphatic rings. The van der Waals surface area contributed by atoms with Gasteiger partial charge in [-0.2, -0.15) is 0 Å². The summed E-state index contributed by atoms with van der Waals surface area (Å²) < 4.78 is 0. The van der Waals surface area contributed by atoms with E-state index in [1.807, 2.05) is 4.90 Å². The fraction of sp³-hybridized carbons (Fsp3) is 0.278. The average molecular weight is 265 g/mol. The van der Waals surface area contributed by atoms with E-state index in [-0.39, 0.29) is 5.91 Å². The van der Waals surface area contributed by atoms with Crippen LogP contribution in [0.25, 0.3) is 11.1 Å². The fourth-order valence-electron chi connectivity index (χ4n) is 3.06. The van der Waals surface area contributed by atoms with Crippen molar-refractivity contribution in [3.8, 4) is 11.1 Å². The second-order valence-electron chi connectivity index (χ2n) is 5.40. The Balaban J connectivity index is 2.23. The molecule has 0 unspecified atom stereocenters. The van der Waals surface area contributed by atoms with Crippen molar-refractivity contribution >= 4 is 11.6 Å². The average Bonchev–Trinajstić information content (AvgIpc) is 2.46. The van der Waals surface area contributed by atoms with Crippen LogP contribution in [0.5, 0.6) is 0 Å². The van der Waals surface area contributed by atoms with E-state index in [0.717, 1.165) is 25.1 Å². The van der Waals surface area contributed by atoms with E-state index in [4.69, 9.17) is 0 Å². The first kappa shape index (κ1) is 12.9. The molecule has 0 aromatic heterocycles. The lowest BCUT2D eigenvalue weighted by molar-refractivity contribution is -0.116. The molecule has 1 aliphatic heterocycles. The smallest absolute Gasteiger partial charge is 0.223 e. The van der Waals surface area contributed by atoms with Gasteiger partial charge in [-0.25, -0.2) is 0 Å². The molecule has 2 aromatic carbocycles. The predicted molar refractivity (Wildman–Crippen MR) is 83.0 cm³/mol. The molecule has 0 bridgehead atoms. The molecule has 20 heavy (non-hydrogen) atoms. The van der Waals surface area contributed by atoms with Crippen LogP contribution in [-0.4, -0.2) is 12.5 Å². The zero-order chi connectivity index (χ0) is 14.1. The van der Waals surface area contributed by atoms with Gasteiger partial charge in [0.15, 0.2) is 0 Å². The van der Waals surface area contributed by atoms with Crippen molar-refractivity contribution < 1.29 is 4.79 Å². The number of nitrogens with zero attached hydrogens (tertiary/aromatic N) is 1. The van der Waals surface area contributed by atoms with Crippen molar-refractivity contribution in [2.24, 2.45) is 0 Å². The number of para-hydroxylation sites is 1. The first-order chi connectivity index (χ1) is 9.68. The SMILES string of the molecule is CC(=O)N1CCCc2cccc(-c3ccccc3C)c21. The monoisotopic (exact) mass is 265 g/mol. The van der Waals surface area contributed by atoms with E-state index >= 15 is 0 Å². The van der Waals surface area contributed by atoms with Crippen molar-refractivity contribution in [2.45, 2.75) is 26.7 Å². The lowest BCUT2D eigenvalue weighted by Crippen LogP contribution is -2.34. The van der Waals surface area contributed by atoms with Crippen LogP contribution in [0, 0.1) is 6.92 Å². The molecule has 2 nitrogen and oxygen atoms in total. The van der Waals surface area contributed by atoms with Crippen LogP contribution in [-0.2, 0) is 11.2 Å². The number of carbonyl (C=O) groups excluding carboxylic acids is 1. The summed E-state index contributed by atoms with van der Waals surface area (Å²) in [6.45, 7) is 4.60. The van der Waals surface area contributed by atoms with E-state index in [1.165, 1.54) is 22.3 Å². The van der Waals surface area contributed by atoms with Gasteiger partial charge in [-0.3, -0.25) is 4.79 Å². The van der Waals surface area contributed by atoms with Gasteiger partial charge < -0.3 is 4.90 Å². The zero-order valence-electron chi connectivity index (χ0n) is 12.0. The van der Waals surface area contributed by atoms with Crippen LogP contribution in [0.15, 0.2) is 42.5 Å². The second-order valence-corrected chi connectivity index (χ2v) is 5.40. The third-order valence-corrected chi connectivity index (χ3v) is 4.03. The van der Waals surface area contributed by atoms with Crippen molar-refractivity contribution in [3.05, 3.63) is 53.6 Å². The molecule has 0 N–H and O–H groups in total. The number of fused-ring (bicyclic) bond motifs is 1. The first-order valence-electron chi connectivity index (χ1n) is 7.14. The van der Waals surface area contributed by atoms with E-state index in [2.05, 4.69) is 49.4 Å². The molecule has 3 rings (SSSR count). The number of anilines is 1. The predicted octanol–water partition coefficient (Wildman–Crippen LogP) is 3.96. The molecule has 0 spiro atoms. The van der Waals surface area contributed by atoms with Crippen LogP contribution in [0.3, 0.4) is 0 Å². The Morgan fingerprint density at radius 3 is 2.55 bits per heavy atom. The molecule has 0 radical (unpaired) electrons. The molecular formula is C18H19NO. The maximum absolute atomic E-state index is 12.0. The summed E-state index contributed by atoms with van der Waals surface area (Å²) >= 11 is 0. The molecular weight excluding hydrogens is 246 g/mol. The van der Waals surface area contributed by atoms with Crippen LogP contribution in [0.1, 0.15) is 24.5 Å². The fourth-order valence-corrected chi connectivity index (χ4v) is 3.06. The summed E-state index contributed by atoms with van der Waals surface area (Å²) in [7, 11) is 0. The van der Waals surface area contributed by atoms with Gasteiger partial charge in [0.05, 0.1) is 5.69 Å². The number of amides is 1. The van der Waals surface area contributed by atoms with Crippen molar-refractivity contribution in [3.63, 3.8) is 0 Å². The van der Waals surface area contributed by atoms with Crippen molar-refractivity contribution in [1.29, 1.82) is 0 Å². The summed E-state index contributed by atoms with van der Waals surface area (Å²) in [6, 6.07) is 14.7. The van der Waals surface area contributed by atoms with Crippen LogP contribution >= 0.6 is 0 Å². The second kappa shape index (κ2) is 5.12. The highest BCUT2D eigenvalue weighted by Crippen LogP contribution is 2.38. The molecule has 2 aromatic rings. The first-order valence-corrected chi connectivity index (χ1v) is 7.14. The summed E-state index contributed by atoms with van der Waals surface area (Å²) in [5, 5.41) is 0. The number of hydrogen-bond donors (Lipinski definition) is 0. The number of aryl methyl sites for hydroxylation is 2.